The molecule has 23 heavy (non-hydrogen) atoms. The second-order valence-electron chi connectivity index (χ2n) is 5.45. The number of aromatic amines is 1. The molecule has 3 aromatic carbocycles. The summed E-state index contributed by atoms with van der Waals surface area (Å²) in [5.74, 6) is 0. The molecule has 0 aliphatic carbocycles. The smallest absolute Gasteiger partial charge is 0.0629 e. The van der Waals surface area contributed by atoms with Crippen LogP contribution in [0.1, 0.15) is 5.56 Å². The molecule has 0 aliphatic rings. The number of H-pyrrole nitrogens is 1. The van der Waals surface area contributed by atoms with Gasteiger partial charge in [0.15, 0.2) is 0 Å². The van der Waals surface area contributed by atoms with Gasteiger partial charge in [0, 0.05) is 22.9 Å². The van der Waals surface area contributed by atoms with Crippen molar-refractivity contribution in [3.05, 3.63) is 90.5 Å². The van der Waals surface area contributed by atoms with Crippen molar-refractivity contribution in [3.63, 3.8) is 0 Å². The molecular formula is C21H16N2. The number of rotatable bonds is 3. The standard InChI is InChI=1S/C21H16N2/c1-3-8-16(9-4-1)20-14-17-10-7-11-18(21(17)23-20)15-22-19-12-5-2-6-13-19/h1-15,23H/b22-15+. The van der Waals surface area contributed by atoms with Gasteiger partial charge in [-0.05, 0) is 23.8 Å². The van der Waals surface area contributed by atoms with Gasteiger partial charge in [0.05, 0.1) is 11.2 Å². The third-order valence-electron chi connectivity index (χ3n) is 3.88. The van der Waals surface area contributed by atoms with E-state index in [0.717, 1.165) is 22.5 Å². The first kappa shape index (κ1) is 13.5. The van der Waals surface area contributed by atoms with Crippen LogP contribution in [-0.4, -0.2) is 11.2 Å². The lowest BCUT2D eigenvalue weighted by molar-refractivity contribution is 1.44. The Kier molecular flexibility index (Phi) is 3.49. The Morgan fingerprint density at radius 2 is 1.48 bits per heavy atom. The highest BCUT2D eigenvalue weighted by Gasteiger charge is 2.05. The van der Waals surface area contributed by atoms with E-state index in [1.54, 1.807) is 0 Å². The van der Waals surface area contributed by atoms with E-state index < -0.39 is 0 Å². The summed E-state index contributed by atoms with van der Waals surface area (Å²) < 4.78 is 0. The van der Waals surface area contributed by atoms with Gasteiger partial charge in [0.25, 0.3) is 0 Å². The molecule has 0 fully saturated rings. The predicted octanol–water partition coefficient (Wildman–Crippen LogP) is 5.59. The van der Waals surface area contributed by atoms with E-state index in [9.17, 15) is 0 Å². The van der Waals surface area contributed by atoms with E-state index in [0.29, 0.717) is 0 Å². The van der Waals surface area contributed by atoms with Crippen LogP contribution in [0.15, 0.2) is 89.9 Å². The highest BCUT2D eigenvalue weighted by molar-refractivity contribution is 6.00. The zero-order chi connectivity index (χ0) is 15.5. The molecule has 0 atom stereocenters. The van der Waals surface area contributed by atoms with Crippen molar-refractivity contribution in [1.29, 1.82) is 0 Å². The van der Waals surface area contributed by atoms with Gasteiger partial charge >= 0.3 is 0 Å². The van der Waals surface area contributed by atoms with Gasteiger partial charge in [-0.15, -0.1) is 0 Å². The molecule has 1 aromatic heterocycles. The van der Waals surface area contributed by atoms with Crippen LogP contribution >= 0.6 is 0 Å². The monoisotopic (exact) mass is 296 g/mol. The van der Waals surface area contributed by atoms with Gasteiger partial charge in [-0.25, -0.2) is 0 Å². The summed E-state index contributed by atoms with van der Waals surface area (Å²) in [6.45, 7) is 0. The largest absolute Gasteiger partial charge is 0.354 e. The van der Waals surface area contributed by atoms with E-state index >= 15 is 0 Å². The summed E-state index contributed by atoms with van der Waals surface area (Å²) in [5.41, 5.74) is 5.48. The first-order valence-corrected chi connectivity index (χ1v) is 7.66. The molecule has 4 aromatic rings. The summed E-state index contributed by atoms with van der Waals surface area (Å²) in [5, 5.41) is 1.20. The Hall–Kier alpha value is -3.13. The average molecular weight is 296 g/mol. The number of hydrogen-bond donors (Lipinski definition) is 1. The maximum atomic E-state index is 4.56. The average Bonchev–Trinajstić information content (AvgIpc) is 3.06. The number of nitrogens with one attached hydrogen (secondary N) is 1. The maximum absolute atomic E-state index is 4.56. The molecule has 4 rings (SSSR count). The predicted molar refractivity (Wildman–Crippen MR) is 97.4 cm³/mol. The fraction of sp³-hybridized carbons (Fsp3) is 0. The third kappa shape index (κ3) is 2.79. The van der Waals surface area contributed by atoms with E-state index in [-0.39, 0.29) is 0 Å². The number of benzene rings is 3. The van der Waals surface area contributed by atoms with Crippen LogP contribution in [0, 0.1) is 0 Å². The minimum Gasteiger partial charge on any atom is -0.354 e. The topological polar surface area (TPSA) is 28.1 Å². The minimum absolute atomic E-state index is 0.958. The van der Waals surface area contributed by atoms with Crippen LogP contribution < -0.4 is 0 Å². The minimum atomic E-state index is 0.958. The SMILES string of the molecule is C(=N\c1ccccc1)/c1cccc2cc(-c3ccccc3)[nH]c12. The zero-order valence-corrected chi connectivity index (χ0v) is 12.6. The molecule has 1 heterocycles. The van der Waals surface area contributed by atoms with Crippen molar-refractivity contribution in [2.75, 3.05) is 0 Å². The van der Waals surface area contributed by atoms with Gasteiger partial charge in [-0.2, -0.15) is 0 Å². The van der Waals surface area contributed by atoms with Crippen LogP contribution in [0.3, 0.4) is 0 Å². The normalized spacial score (nSPS) is 11.3. The fourth-order valence-corrected chi connectivity index (χ4v) is 2.72. The summed E-state index contributed by atoms with van der Waals surface area (Å²) in [6, 6.07) is 28.8. The molecule has 0 saturated carbocycles. The number of para-hydroxylation sites is 2. The third-order valence-corrected chi connectivity index (χ3v) is 3.88. The first-order chi connectivity index (χ1) is 11.4. The van der Waals surface area contributed by atoms with Gasteiger partial charge < -0.3 is 4.98 Å². The van der Waals surface area contributed by atoms with Crippen molar-refractivity contribution in [2.45, 2.75) is 0 Å². The van der Waals surface area contributed by atoms with Crippen molar-refractivity contribution >= 4 is 22.8 Å². The Morgan fingerprint density at radius 3 is 2.26 bits per heavy atom. The number of nitrogens with zero attached hydrogens (tertiary/aromatic N) is 1. The molecule has 0 amide bonds. The maximum Gasteiger partial charge on any atom is 0.0629 e. The van der Waals surface area contributed by atoms with E-state index in [1.165, 1.54) is 10.9 Å². The molecular weight excluding hydrogens is 280 g/mol. The van der Waals surface area contributed by atoms with Gasteiger partial charge in [0.2, 0.25) is 0 Å². The van der Waals surface area contributed by atoms with Gasteiger partial charge in [-0.3, -0.25) is 4.99 Å². The summed E-state index contributed by atoms with van der Waals surface area (Å²) >= 11 is 0. The van der Waals surface area contributed by atoms with Crippen LogP contribution in [-0.2, 0) is 0 Å². The van der Waals surface area contributed by atoms with Gasteiger partial charge in [0.1, 0.15) is 0 Å². The molecule has 0 radical (unpaired) electrons. The second-order valence-corrected chi connectivity index (χ2v) is 5.45. The molecule has 0 saturated heterocycles. The van der Waals surface area contributed by atoms with Crippen molar-refractivity contribution < 1.29 is 0 Å². The molecule has 1 N–H and O–H groups in total. The number of aromatic nitrogens is 1. The lowest BCUT2D eigenvalue weighted by atomic mass is 10.1. The Balaban J connectivity index is 1.76. The van der Waals surface area contributed by atoms with E-state index in [2.05, 4.69) is 58.5 Å². The molecule has 110 valence electrons. The van der Waals surface area contributed by atoms with E-state index in [4.69, 9.17) is 0 Å². The quantitative estimate of drug-likeness (QED) is 0.478. The van der Waals surface area contributed by atoms with Crippen LogP contribution in [0.25, 0.3) is 22.2 Å². The van der Waals surface area contributed by atoms with Crippen LogP contribution in [0.4, 0.5) is 5.69 Å². The first-order valence-electron chi connectivity index (χ1n) is 7.66. The lowest BCUT2D eigenvalue weighted by Gasteiger charge is -1.98. The van der Waals surface area contributed by atoms with Crippen molar-refractivity contribution in [2.24, 2.45) is 4.99 Å². The van der Waals surface area contributed by atoms with Crippen molar-refractivity contribution in [1.82, 2.24) is 4.98 Å². The summed E-state index contributed by atoms with van der Waals surface area (Å²) in [7, 11) is 0. The van der Waals surface area contributed by atoms with Crippen LogP contribution in [0.2, 0.25) is 0 Å². The summed E-state index contributed by atoms with van der Waals surface area (Å²) in [6.07, 6.45) is 1.92. The molecule has 2 heteroatoms. The van der Waals surface area contributed by atoms with E-state index in [1.807, 2.05) is 42.6 Å². The highest BCUT2D eigenvalue weighted by atomic mass is 14.7. The molecule has 0 spiro atoms. The Labute approximate surface area is 135 Å². The number of hydrogen-bond acceptors (Lipinski definition) is 1. The Bertz CT molecular complexity index is 951. The molecule has 0 aliphatic heterocycles. The zero-order valence-electron chi connectivity index (χ0n) is 12.6. The number of fused-ring (bicyclic) bond motifs is 1. The molecule has 0 unspecified atom stereocenters. The second kappa shape index (κ2) is 5.93. The summed E-state index contributed by atoms with van der Waals surface area (Å²) in [4.78, 5) is 8.09. The van der Waals surface area contributed by atoms with Gasteiger partial charge in [-0.1, -0.05) is 66.7 Å². The Morgan fingerprint density at radius 1 is 0.739 bits per heavy atom. The highest BCUT2D eigenvalue weighted by Crippen LogP contribution is 2.25. The number of aliphatic imine (C=N–C) groups is 1. The molecule has 2 nitrogen and oxygen atoms in total. The lowest BCUT2D eigenvalue weighted by Crippen LogP contribution is -1.83. The fourth-order valence-electron chi connectivity index (χ4n) is 2.72. The van der Waals surface area contributed by atoms with Crippen molar-refractivity contribution in [3.8, 4) is 11.3 Å². The van der Waals surface area contributed by atoms with Crippen LogP contribution in [0.5, 0.6) is 0 Å². The molecule has 0 bridgehead atoms.